The highest BCUT2D eigenvalue weighted by molar-refractivity contribution is 5.95. The number of carboxylic acids is 1. The van der Waals surface area contributed by atoms with Gasteiger partial charge in [-0.05, 0) is 50.4 Å². The van der Waals surface area contributed by atoms with E-state index in [1.54, 1.807) is 12.1 Å². The van der Waals surface area contributed by atoms with Crippen LogP contribution in [-0.2, 0) is 4.79 Å². The minimum Gasteiger partial charge on any atom is -0.478 e. The fraction of sp³-hybridized carbons (Fsp3) is 0.333. The number of carbonyl (C=O) groups is 2. The number of carboxylic acid groups (broad SMARTS) is 1. The molecule has 0 aliphatic heterocycles. The van der Waals surface area contributed by atoms with Crippen LogP contribution in [0.3, 0.4) is 0 Å². The summed E-state index contributed by atoms with van der Waals surface area (Å²) in [5.74, 6) is -1.16. The van der Waals surface area contributed by atoms with Crippen molar-refractivity contribution < 1.29 is 14.7 Å². The molecule has 0 aliphatic rings. The number of nitrogens with zero attached hydrogens (tertiary/aromatic N) is 1. The smallest absolute Gasteiger partial charge is 0.328 e. The third kappa shape index (κ3) is 5.67. The molecule has 1 aromatic carbocycles. The molecule has 0 spiro atoms. The maximum atomic E-state index is 12.0. The van der Waals surface area contributed by atoms with Gasteiger partial charge in [0.25, 0.3) is 5.91 Å². The van der Waals surface area contributed by atoms with Crippen molar-refractivity contribution in [3.8, 4) is 0 Å². The molecule has 0 heterocycles. The van der Waals surface area contributed by atoms with E-state index in [4.69, 9.17) is 5.11 Å². The molecule has 0 atom stereocenters. The van der Waals surface area contributed by atoms with E-state index in [1.165, 1.54) is 6.08 Å². The molecular formula is C15H20N2O3. The Bertz CT molecular complexity index is 522. The van der Waals surface area contributed by atoms with Gasteiger partial charge in [0.05, 0.1) is 0 Å². The van der Waals surface area contributed by atoms with Gasteiger partial charge in [-0.3, -0.25) is 4.79 Å². The Labute approximate surface area is 118 Å². The van der Waals surface area contributed by atoms with E-state index in [0.29, 0.717) is 17.7 Å². The molecule has 1 aromatic rings. The van der Waals surface area contributed by atoms with E-state index in [9.17, 15) is 9.59 Å². The van der Waals surface area contributed by atoms with Crippen molar-refractivity contribution >= 4 is 18.0 Å². The first-order valence-electron chi connectivity index (χ1n) is 6.34. The standard InChI is InChI=1S/C15H20N2O3/c1-11-8-12(4-5-14(18)19)10-13(9-11)15(20)16-6-7-17(2)3/h4-5,8-10H,6-7H2,1-3H3,(H,16,20)(H,18,19)/b5-4+. The monoisotopic (exact) mass is 276 g/mol. The second kappa shape index (κ2) is 7.45. The molecule has 1 amide bonds. The van der Waals surface area contributed by atoms with Gasteiger partial charge in [-0.15, -0.1) is 0 Å². The predicted octanol–water partition coefficient (Wildman–Crippen LogP) is 1.38. The quantitative estimate of drug-likeness (QED) is 0.770. The third-order valence-electron chi connectivity index (χ3n) is 2.62. The summed E-state index contributed by atoms with van der Waals surface area (Å²) < 4.78 is 0. The van der Waals surface area contributed by atoms with E-state index < -0.39 is 5.97 Å². The van der Waals surface area contributed by atoms with Gasteiger partial charge in [-0.2, -0.15) is 0 Å². The summed E-state index contributed by atoms with van der Waals surface area (Å²) in [6.45, 7) is 3.21. The first kappa shape index (κ1) is 15.9. The third-order valence-corrected chi connectivity index (χ3v) is 2.62. The normalized spacial score (nSPS) is 11.0. The summed E-state index contributed by atoms with van der Waals surface area (Å²) in [6.07, 6.45) is 2.54. The van der Waals surface area contributed by atoms with Crippen molar-refractivity contribution in [3.05, 3.63) is 41.0 Å². The van der Waals surface area contributed by atoms with Crippen molar-refractivity contribution in [2.45, 2.75) is 6.92 Å². The van der Waals surface area contributed by atoms with Gasteiger partial charge < -0.3 is 15.3 Å². The van der Waals surface area contributed by atoms with Gasteiger partial charge in [0.2, 0.25) is 0 Å². The summed E-state index contributed by atoms with van der Waals surface area (Å²) in [6, 6.07) is 5.29. The Balaban J connectivity index is 2.79. The topological polar surface area (TPSA) is 69.6 Å². The number of benzene rings is 1. The fourth-order valence-corrected chi connectivity index (χ4v) is 1.70. The van der Waals surface area contributed by atoms with Crippen LogP contribution in [0.5, 0.6) is 0 Å². The summed E-state index contributed by atoms with van der Waals surface area (Å²) in [4.78, 5) is 24.5. The van der Waals surface area contributed by atoms with Crippen molar-refractivity contribution in [1.29, 1.82) is 0 Å². The number of hydrogen-bond acceptors (Lipinski definition) is 3. The molecule has 0 radical (unpaired) electrons. The second-order valence-electron chi connectivity index (χ2n) is 4.86. The maximum absolute atomic E-state index is 12.0. The number of nitrogens with one attached hydrogen (secondary N) is 1. The van der Waals surface area contributed by atoms with E-state index in [0.717, 1.165) is 18.2 Å². The zero-order chi connectivity index (χ0) is 15.1. The molecule has 20 heavy (non-hydrogen) atoms. The zero-order valence-corrected chi connectivity index (χ0v) is 12.0. The molecule has 0 bridgehead atoms. The molecule has 5 heteroatoms. The van der Waals surface area contributed by atoms with Crippen LogP contribution in [0.4, 0.5) is 0 Å². The average Bonchev–Trinajstić information content (AvgIpc) is 2.35. The summed E-state index contributed by atoms with van der Waals surface area (Å²) in [5.41, 5.74) is 2.15. The van der Waals surface area contributed by atoms with E-state index >= 15 is 0 Å². The molecule has 0 saturated heterocycles. The van der Waals surface area contributed by atoms with E-state index in [-0.39, 0.29) is 5.91 Å². The minimum absolute atomic E-state index is 0.152. The van der Waals surface area contributed by atoms with Crippen LogP contribution in [0, 0.1) is 6.92 Å². The Hall–Kier alpha value is -2.14. The molecule has 5 nitrogen and oxygen atoms in total. The van der Waals surface area contributed by atoms with Crippen LogP contribution in [0.2, 0.25) is 0 Å². The lowest BCUT2D eigenvalue weighted by molar-refractivity contribution is -0.131. The molecular weight excluding hydrogens is 256 g/mol. The highest BCUT2D eigenvalue weighted by atomic mass is 16.4. The Morgan fingerprint density at radius 3 is 2.60 bits per heavy atom. The molecule has 108 valence electrons. The Morgan fingerprint density at radius 1 is 1.30 bits per heavy atom. The van der Waals surface area contributed by atoms with Crippen LogP contribution in [0.25, 0.3) is 6.08 Å². The largest absolute Gasteiger partial charge is 0.478 e. The van der Waals surface area contributed by atoms with Crippen LogP contribution >= 0.6 is 0 Å². The lowest BCUT2D eigenvalue weighted by atomic mass is 10.1. The van der Waals surface area contributed by atoms with Gasteiger partial charge in [0.1, 0.15) is 0 Å². The van der Waals surface area contributed by atoms with Gasteiger partial charge in [-0.1, -0.05) is 6.07 Å². The number of carbonyl (C=O) groups excluding carboxylic acids is 1. The Morgan fingerprint density at radius 2 is 2.00 bits per heavy atom. The van der Waals surface area contributed by atoms with Gasteiger partial charge in [0, 0.05) is 24.7 Å². The number of hydrogen-bond donors (Lipinski definition) is 2. The molecule has 1 rings (SSSR count). The highest BCUT2D eigenvalue weighted by Crippen LogP contribution is 2.11. The highest BCUT2D eigenvalue weighted by Gasteiger charge is 2.06. The van der Waals surface area contributed by atoms with Gasteiger partial charge in [-0.25, -0.2) is 4.79 Å². The van der Waals surface area contributed by atoms with Gasteiger partial charge in [0.15, 0.2) is 0 Å². The SMILES string of the molecule is Cc1cc(/C=C/C(=O)O)cc(C(=O)NCCN(C)C)c1. The first-order valence-corrected chi connectivity index (χ1v) is 6.34. The zero-order valence-electron chi connectivity index (χ0n) is 12.0. The van der Waals surface area contributed by atoms with Crippen LogP contribution in [-0.4, -0.2) is 49.1 Å². The number of aryl methyl sites for hydroxylation is 1. The first-order chi connectivity index (χ1) is 9.38. The lowest BCUT2D eigenvalue weighted by Gasteiger charge is -2.11. The van der Waals surface area contributed by atoms with Crippen LogP contribution in [0.1, 0.15) is 21.5 Å². The molecule has 0 aliphatic carbocycles. The van der Waals surface area contributed by atoms with Crippen molar-refractivity contribution in [2.24, 2.45) is 0 Å². The molecule has 0 fully saturated rings. The average molecular weight is 276 g/mol. The predicted molar refractivity (Wildman–Crippen MR) is 78.7 cm³/mol. The second-order valence-corrected chi connectivity index (χ2v) is 4.86. The van der Waals surface area contributed by atoms with Crippen molar-refractivity contribution in [2.75, 3.05) is 27.2 Å². The van der Waals surface area contributed by atoms with Crippen LogP contribution in [0.15, 0.2) is 24.3 Å². The van der Waals surface area contributed by atoms with Crippen molar-refractivity contribution in [3.63, 3.8) is 0 Å². The molecule has 2 N–H and O–H groups in total. The number of aliphatic carboxylic acids is 1. The fourth-order valence-electron chi connectivity index (χ4n) is 1.70. The van der Waals surface area contributed by atoms with E-state index in [1.807, 2.05) is 32.0 Å². The summed E-state index contributed by atoms with van der Waals surface area (Å²) in [7, 11) is 3.88. The maximum Gasteiger partial charge on any atom is 0.328 e. The molecule has 0 saturated carbocycles. The Kier molecular flexibility index (Phi) is 5.93. The number of rotatable bonds is 6. The molecule has 0 aromatic heterocycles. The summed E-state index contributed by atoms with van der Waals surface area (Å²) >= 11 is 0. The number of likely N-dealkylation sites (N-methyl/N-ethyl adjacent to an activating group) is 1. The minimum atomic E-state index is -1.01. The molecule has 0 unspecified atom stereocenters. The van der Waals surface area contributed by atoms with Crippen LogP contribution < -0.4 is 5.32 Å². The van der Waals surface area contributed by atoms with Crippen molar-refractivity contribution in [1.82, 2.24) is 10.2 Å². The van der Waals surface area contributed by atoms with E-state index in [2.05, 4.69) is 5.32 Å². The number of amides is 1. The summed E-state index contributed by atoms with van der Waals surface area (Å²) in [5, 5.41) is 11.4. The van der Waals surface area contributed by atoms with Gasteiger partial charge >= 0.3 is 5.97 Å². The lowest BCUT2D eigenvalue weighted by Crippen LogP contribution is -2.31.